The molecule has 0 fully saturated rings. The number of hydrogen-bond donors (Lipinski definition) is 4. The molecule has 6 nitrogen and oxygen atoms in total. The van der Waals surface area contributed by atoms with E-state index in [-0.39, 0.29) is 25.9 Å². The quantitative estimate of drug-likeness (QED) is 0.508. The Hall–Kier alpha value is -0.850. The summed E-state index contributed by atoms with van der Waals surface area (Å²) in [6, 6.07) is -0.588. The molecule has 4 N–H and O–H groups in total. The lowest BCUT2D eigenvalue weighted by atomic mass is 10.3. The third-order valence-corrected chi connectivity index (χ3v) is 1.72. The van der Waals surface area contributed by atoms with Crippen molar-refractivity contribution in [1.29, 1.82) is 0 Å². The largest absolute Gasteiger partial charge is 0.448 e. The van der Waals surface area contributed by atoms with Crippen molar-refractivity contribution >= 4 is 6.09 Å². The molecule has 0 aromatic heterocycles. The first-order valence-electron chi connectivity index (χ1n) is 5.46. The molecule has 0 bridgehead atoms. The van der Waals surface area contributed by atoms with Gasteiger partial charge in [-0.3, -0.25) is 0 Å². The molecule has 16 heavy (non-hydrogen) atoms. The van der Waals surface area contributed by atoms with Gasteiger partial charge in [0, 0.05) is 6.04 Å². The molecule has 1 amide bonds. The molecule has 0 heterocycles. The van der Waals surface area contributed by atoms with Crippen molar-refractivity contribution in [3.05, 3.63) is 0 Å². The van der Waals surface area contributed by atoms with Crippen molar-refractivity contribution in [2.45, 2.75) is 32.9 Å². The van der Waals surface area contributed by atoms with Gasteiger partial charge in [-0.2, -0.15) is 0 Å². The fourth-order valence-corrected chi connectivity index (χ4v) is 0.641. The zero-order chi connectivity index (χ0) is 13.0. The van der Waals surface area contributed by atoms with Gasteiger partial charge < -0.3 is 25.6 Å². The SMILES string of the molecule is CC.CNC(C)COC(=O)NC(CO)CO. The van der Waals surface area contributed by atoms with E-state index in [1.165, 1.54) is 0 Å². The maximum absolute atomic E-state index is 11.0. The van der Waals surface area contributed by atoms with Crippen molar-refractivity contribution in [2.75, 3.05) is 26.9 Å². The van der Waals surface area contributed by atoms with Gasteiger partial charge in [0.2, 0.25) is 0 Å². The fourth-order valence-electron chi connectivity index (χ4n) is 0.641. The van der Waals surface area contributed by atoms with Crippen LogP contribution in [-0.4, -0.2) is 55.3 Å². The summed E-state index contributed by atoms with van der Waals surface area (Å²) in [5, 5.41) is 22.5. The molecule has 0 aliphatic carbocycles. The van der Waals surface area contributed by atoms with Gasteiger partial charge in [0.1, 0.15) is 6.61 Å². The average Bonchev–Trinajstić information content (AvgIpc) is 2.35. The molecule has 0 aromatic carbocycles. The zero-order valence-electron chi connectivity index (χ0n) is 10.5. The Morgan fingerprint density at radius 1 is 1.31 bits per heavy atom. The van der Waals surface area contributed by atoms with E-state index in [1.807, 2.05) is 20.8 Å². The Morgan fingerprint density at radius 3 is 2.19 bits per heavy atom. The van der Waals surface area contributed by atoms with Gasteiger partial charge in [0.25, 0.3) is 0 Å². The minimum atomic E-state index is -0.660. The Morgan fingerprint density at radius 2 is 1.81 bits per heavy atom. The Labute approximate surface area is 97.0 Å². The number of carbonyl (C=O) groups excluding carboxylic acids is 1. The average molecular weight is 236 g/mol. The minimum Gasteiger partial charge on any atom is -0.448 e. The number of aliphatic hydroxyl groups excluding tert-OH is 2. The molecule has 1 atom stereocenters. The van der Waals surface area contributed by atoms with Crippen LogP contribution in [0.25, 0.3) is 0 Å². The predicted octanol–water partition coefficient (Wildman–Crippen LogP) is -0.300. The van der Waals surface area contributed by atoms with E-state index in [2.05, 4.69) is 10.6 Å². The standard InChI is InChI=1S/C8H18N2O4.C2H6/c1-6(9-2)5-14-8(13)10-7(3-11)4-12;1-2/h6-7,9,11-12H,3-5H2,1-2H3,(H,10,13);1-2H3. The number of ether oxygens (including phenoxy) is 1. The molecule has 0 aromatic rings. The highest BCUT2D eigenvalue weighted by Gasteiger charge is 2.11. The molecule has 98 valence electrons. The van der Waals surface area contributed by atoms with Gasteiger partial charge in [-0.15, -0.1) is 0 Å². The Bertz CT molecular complexity index is 163. The number of carbonyl (C=O) groups is 1. The van der Waals surface area contributed by atoms with E-state index in [1.54, 1.807) is 7.05 Å². The van der Waals surface area contributed by atoms with E-state index in [9.17, 15) is 4.79 Å². The minimum absolute atomic E-state index is 0.0717. The molecule has 0 radical (unpaired) electrons. The second-order valence-electron chi connectivity index (χ2n) is 2.99. The molecule has 0 spiro atoms. The van der Waals surface area contributed by atoms with Gasteiger partial charge >= 0.3 is 6.09 Å². The summed E-state index contributed by atoms with van der Waals surface area (Å²) >= 11 is 0. The molecular weight excluding hydrogens is 212 g/mol. The van der Waals surface area contributed by atoms with Crippen LogP contribution in [0.15, 0.2) is 0 Å². The molecule has 1 unspecified atom stereocenters. The fraction of sp³-hybridized carbons (Fsp3) is 0.900. The summed E-state index contributed by atoms with van der Waals surface area (Å²) in [5.41, 5.74) is 0. The second kappa shape index (κ2) is 12.2. The topological polar surface area (TPSA) is 90.8 Å². The first-order valence-corrected chi connectivity index (χ1v) is 5.46. The Balaban J connectivity index is 0. The number of rotatable bonds is 6. The van der Waals surface area contributed by atoms with Gasteiger partial charge in [0.15, 0.2) is 0 Å². The predicted molar refractivity (Wildman–Crippen MR) is 62.3 cm³/mol. The van der Waals surface area contributed by atoms with Crippen molar-refractivity contribution in [3.63, 3.8) is 0 Å². The van der Waals surface area contributed by atoms with E-state index in [0.717, 1.165) is 0 Å². The summed E-state index contributed by atoms with van der Waals surface area (Å²) in [7, 11) is 1.76. The van der Waals surface area contributed by atoms with Crippen molar-refractivity contribution in [1.82, 2.24) is 10.6 Å². The molecule has 0 aliphatic rings. The van der Waals surface area contributed by atoms with Crippen LogP contribution in [0.5, 0.6) is 0 Å². The van der Waals surface area contributed by atoms with Gasteiger partial charge in [-0.1, -0.05) is 13.8 Å². The van der Waals surface area contributed by atoms with Crippen LogP contribution in [0.4, 0.5) is 4.79 Å². The molecule has 6 heteroatoms. The second-order valence-corrected chi connectivity index (χ2v) is 2.99. The van der Waals surface area contributed by atoms with Crippen LogP contribution in [0.2, 0.25) is 0 Å². The van der Waals surface area contributed by atoms with E-state index in [0.29, 0.717) is 0 Å². The lowest BCUT2D eigenvalue weighted by molar-refractivity contribution is 0.115. The van der Waals surface area contributed by atoms with Crippen molar-refractivity contribution in [3.8, 4) is 0 Å². The number of aliphatic hydroxyl groups is 2. The van der Waals surface area contributed by atoms with Gasteiger partial charge in [-0.25, -0.2) is 4.79 Å². The van der Waals surface area contributed by atoms with Crippen LogP contribution in [0.3, 0.4) is 0 Å². The van der Waals surface area contributed by atoms with Crippen LogP contribution >= 0.6 is 0 Å². The summed E-state index contributed by atoms with van der Waals surface area (Å²) in [6.45, 7) is 5.48. The Kier molecular flexibility index (Phi) is 13.4. The maximum Gasteiger partial charge on any atom is 0.407 e. The highest BCUT2D eigenvalue weighted by atomic mass is 16.5. The normalized spacial score (nSPS) is 11.4. The highest BCUT2D eigenvalue weighted by molar-refractivity contribution is 5.67. The van der Waals surface area contributed by atoms with E-state index < -0.39 is 12.1 Å². The van der Waals surface area contributed by atoms with Gasteiger partial charge in [-0.05, 0) is 14.0 Å². The zero-order valence-corrected chi connectivity index (χ0v) is 10.5. The van der Waals surface area contributed by atoms with Gasteiger partial charge in [0.05, 0.1) is 19.3 Å². The smallest absolute Gasteiger partial charge is 0.407 e. The number of amides is 1. The van der Waals surface area contributed by atoms with E-state index >= 15 is 0 Å². The third-order valence-electron chi connectivity index (χ3n) is 1.72. The lowest BCUT2D eigenvalue weighted by Gasteiger charge is -2.15. The molecule has 0 saturated carbocycles. The molecule has 0 aliphatic heterocycles. The molecular formula is C10H24N2O4. The number of alkyl carbamates (subject to hydrolysis) is 1. The number of nitrogens with one attached hydrogen (secondary N) is 2. The van der Waals surface area contributed by atoms with E-state index in [4.69, 9.17) is 14.9 Å². The lowest BCUT2D eigenvalue weighted by Crippen LogP contribution is -2.41. The summed E-state index contributed by atoms with van der Waals surface area (Å²) in [5.74, 6) is 0. The maximum atomic E-state index is 11.0. The number of hydrogen-bond acceptors (Lipinski definition) is 5. The summed E-state index contributed by atoms with van der Waals surface area (Å²) < 4.78 is 4.79. The van der Waals surface area contributed by atoms with Crippen LogP contribution in [0, 0.1) is 0 Å². The van der Waals surface area contributed by atoms with Crippen molar-refractivity contribution < 1.29 is 19.7 Å². The summed E-state index contributed by atoms with van der Waals surface area (Å²) in [4.78, 5) is 11.0. The van der Waals surface area contributed by atoms with Crippen LogP contribution < -0.4 is 10.6 Å². The first-order chi connectivity index (χ1) is 7.63. The first kappa shape index (κ1) is 17.5. The van der Waals surface area contributed by atoms with Crippen LogP contribution in [0.1, 0.15) is 20.8 Å². The van der Waals surface area contributed by atoms with Crippen LogP contribution in [-0.2, 0) is 4.74 Å². The number of likely N-dealkylation sites (N-methyl/N-ethyl adjacent to an activating group) is 1. The summed E-state index contributed by atoms with van der Waals surface area (Å²) in [6.07, 6.45) is -0.639. The molecule has 0 saturated heterocycles. The third kappa shape index (κ3) is 9.70. The highest BCUT2D eigenvalue weighted by Crippen LogP contribution is 1.87. The molecule has 0 rings (SSSR count). The monoisotopic (exact) mass is 236 g/mol. The van der Waals surface area contributed by atoms with Crippen molar-refractivity contribution in [2.24, 2.45) is 0 Å².